The maximum Gasteiger partial charge on any atom is 0.408 e. The fourth-order valence-electron chi connectivity index (χ4n) is 2.59. The molecule has 1 aromatic rings. The molecule has 1 aliphatic heterocycles. The van der Waals surface area contributed by atoms with Crippen molar-refractivity contribution in [2.75, 3.05) is 20.2 Å². The SMILES string of the molecule is COc1ncc(Br)nc1[C@]1(NC(=O)OC(C)(C)C)CCCNC1. The number of ether oxygens (including phenoxy) is 2. The highest BCUT2D eigenvalue weighted by Crippen LogP contribution is 2.33. The molecule has 7 nitrogen and oxygen atoms in total. The maximum atomic E-state index is 12.3. The quantitative estimate of drug-likeness (QED) is 0.828. The monoisotopic (exact) mass is 386 g/mol. The number of nitrogens with zero attached hydrogens (tertiary/aromatic N) is 2. The van der Waals surface area contributed by atoms with Gasteiger partial charge < -0.3 is 20.1 Å². The maximum absolute atomic E-state index is 12.3. The molecule has 1 fully saturated rings. The molecule has 2 N–H and O–H groups in total. The molecule has 0 saturated carbocycles. The summed E-state index contributed by atoms with van der Waals surface area (Å²) in [7, 11) is 1.54. The van der Waals surface area contributed by atoms with Gasteiger partial charge in [-0.05, 0) is 56.1 Å². The van der Waals surface area contributed by atoms with Crippen molar-refractivity contribution in [1.29, 1.82) is 0 Å². The highest BCUT2D eigenvalue weighted by molar-refractivity contribution is 9.10. The third kappa shape index (κ3) is 4.54. The van der Waals surface area contributed by atoms with Gasteiger partial charge in [-0.15, -0.1) is 0 Å². The number of amides is 1. The lowest BCUT2D eigenvalue weighted by molar-refractivity contribution is 0.0425. The van der Waals surface area contributed by atoms with Gasteiger partial charge in [0.1, 0.15) is 21.4 Å². The van der Waals surface area contributed by atoms with Crippen LogP contribution in [0.3, 0.4) is 0 Å². The molecular formula is C15H23BrN4O3. The number of hydrogen-bond donors (Lipinski definition) is 2. The number of rotatable bonds is 3. The average Bonchev–Trinajstić information content (AvgIpc) is 2.46. The number of carbonyl (C=O) groups is 1. The number of halogens is 1. The van der Waals surface area contributed by atoms with E-state index in [1.165, 1.54) is 0 Å². The molecule has 23 heavy (non-hydrogen) atoms. The Labute approximate surface area is 144 Å². The van der Waals surface area contributed by atoms with Crippen LogP contribution >= 0.6 is 15.9 Å². The standard InChI is InChI=1S/C15H23BrN4O3/c1-14(2,3)23-13(21)20-15(6-5-7-17-9-15)11-12(22-4)18-8-10(16)19-11/h8,17H,5-7,9H2,1-4H3,(H,20,21)/t15-/m0/s1. The number of hydrogen-bond acceptors (Lipinski definition) is 6. The topological polar surface area (TPSA) is 85.4 Å². The van der Waals surface area contributed by atoms with Gasteiger partial charge in [0.15, 0.2) is 0 Å². The van der Waals surface area contributed by atoms with Crippen LogP contribution in [0.4, 0.5) is 4.79 Å². The van der Waals surface area contributed by atoms with E-state index in [0.29, 0.717) is 22.7 Å². The Balaban J connectivity index is 2.36. The Kier molecular flexibility index (Phi) is 5.46. The van der Waals surface area contributed by atoms with E-state index in [1.807, 2.05) is 20.8 Å². The predicted octanol–water partition coefficient (Wildman–Crippen LogP) is 2.35. The summed E-state index contributed by atoms with van der Waals surface area (Å²) in [5.41, 5.74) is -0.698. The molecule has 8 heteroatoms. The second kappa shape index (κ2) is 7.00. The molecule has 1 aliphatic rings. The first kappa shape index (κ1) is 17.9. The summed E-state index contributed by atoms with van der Waals surface area (Å²) >= 11 is 3.34. The first-order chi connectivity index (χ1) is 10.8. The molecule has 0 radical (unpaired) electrons. The Bertz CT molecular complexity index is 568. The molecule has 2 heterocycles. The van der Waals surface area contributed by atoms with E-state index in [1.54, 1.807) is 13.3 Å². The number of carbonyl (C=O) groups excluding carboxylic acids is 1. The molecule has 0 bridgehead atoms. The van der Waals surface area contributed by atoms with Gasteiger partial charge in [0.25, 0.3) is 0 Å². The molecule has 0 unspecified atom stereocenters. The van der Waals surface area contributed by atoms with Gasteiger partial charge in [0, 0.05) is 6.54 Å². The second-order valence-electron chi connectivity index (χ2n) is 6.54. The largest absolute Gasteiger partial charge is 0.480 e. The van der Waals surface area contributed by atoms with E-state index in [-0.39, 0.29) is 0 Å². The number of nitrogens with one attached hydrogen (secondary N) is 2. The van der Waals surface area contributed by atoms with Gasteiger partial charge in [0.05, 0.1) is 13.3 Å². The second-order valence-corrected chi connectivity index (χ2v) is 7.35. The summed E-state index contributed by atoms with van der Waals surface area (Å²) in [6.07, 6.45) is 2.71. The fourth-order valence-corrected chi connectivity index (χ4v) is 2.87. The van der Waals surface area contributed by atoms with Gasteiger partial charge in [-0.25, -0.2) is 14.8 Å². The van der Waals surface area contributed by atoms with Crippen LogP contribution in [0.5, 0.6) is 5.88 Å². The molecule has 1 atom stereocenters. The summed E-state index contributed by atoms with van der Waals surface area (Å²) < 4.78 is 11.3. The lowest BCUT2D eigenvalue weighted by atomic mass is 9.86. The van der Waals surface area contributed by atoms with Crippen LogP contribution in [0.2, 0.25) is 0 Å². The highest BCUT2D eigenvalue weighted by atomic mass is 79.9. The van der Waals surface area contributed by atoms with E-state index in [2.05, 4.69) is 36.5 Å². The van der Waals surface area contributed by atoms with E-state index >= 15 is 0 Å². The highest BCUT2D eigenvalue weighted by Gasteiger charge is 2.41. The van der Waals surface area contributed by atoms with Crippen LogP contribution in [0, 0.1) is 0 Å². The molecular weight excluding hydrogens is 364 g/mol. The molecule has 0 aliphatic carbocycles. The minimum atomic E-state index is -0.720. The van der Waals surface area contributed by atoms with Gasteiger partial charge in [-0.2, -0.15) is 0 Å². The number of alkyl carbamates (subject to hydrolysis) is 1. The Hall–Kier alpha value is -1.41. The third-order valence-electron chi connectivity index (χ3n) is 3.48. The first-order valence-corrected chi connectivity index (χ1v) is 8.34. The van der Waals surface area contributed by atoms with Crippen LogP contribution in [0.1, 0.15) is 39.3 Å². The van der Waals surface area contributed by atoms with E-state index in [0.717, 1.165) is 19.4 Å². The van der Waals surface area contributed by atoms with Crippen LogP contribution < -0.4 is 15.4 Å². The number of methoxy groups -OCH3 is 1. The predicted molar refractivity (Wildman–Crippen MR) is 89.4 cm³/mol. The lowest BCUT2D eigenvalue weighted by Crippen LogP contribution is -2.56. The molecule has 128 valence electrons. The smallest absolute Gasteiger partial charge is 0.408 e. The molecule has 1 aromatic heterocycles. The minimum absolute atomic E-state index is 0.396. The lowest BCUT2D eigenvalue weighted by Gasteiger charge is -2.38. The molecule has 0 aromatic carbocycles. The van der Waals surface area contributed by atoms with Gasteiger partial charge in [0.2, 0.25) is 5.88 Å². The van der Waals surface area contributed by atoms with Crippen LogP contribution in [-0.4, -0.2) is 41.9 Å². The van der Waals surface area contributed by atoms with Crippen molar-refractivity contribution in [3.63, 3.8) is 0 Å². The normalized spacial score (nSPS) is 21.6. The van der Waals surface area contributed by atoms with Crippen molar-refractivity contribution in [2.45, 2.75) is 44.8 Å². The Morgan fingerprint density at radius 2 is 2.22 bits per heavy atom. The number of aromatic nitrogens is 2. The van der Waals surface area contributed by atoms with E-state index in [4.69, 9.17) is 9.47 Å². The zero-order chi connectivity index (χ0) is 17.1. The summed E-state index contributed by atoms with van der Waals surface area (Å²) in [4.78, 5) is 21.1. The Morgan fingerprint density at radius 3 is 2.78 bits per heavy atom. The van der Waals surface area contributed by atoms with Crippen LogP contribution in [-0.2, 0) is 10.3 Å². The van der Waals surface area contributed by atoms with Crippen molar-refractivity contribution in [2.24, 2.45) is 0 Å². The van der Waals surface area contributed by atoms with E-state index in [9.17, 15) is 4.79 Å². The van der Waals surface area contributed by atoms with Crippen molar-refractivity contribution in [3.8, 4) is 5.88 Å². The summed E-state index contributed by atoms with van der Waals surface area (Å²) in [5.74, 6) is 0.396. The average molecular weight is 387 g/mol. The van der Waals surface area contributed by atoms with Gasteiger partial charge in [-0.1, -0.05) is 0 Å². The zero-order valence-corrected chi connectivity index (χ0v) is 15.5. The van der Waals surface area contributed by atoms with Gasteiger partial charge >= 0.3 is 6.09 Å². The van der Waals surface area contributed by atoms with E-state index < -0.39 is 17.2 Å². The fraction of sp³-hybridized carbons (Fsp3) is 0.667. The molecule has 1 saturated heterocycles. The van der Waals surface area contributed by atoms with Crippen molar-refractivity contribution in [3.05, 3.63) is 16.5 Å². The first-order valence-electron chi connectivity index (χ1n) is 7.55. The van der Waals surface area contributed by atoms with Crippen molar-refractivity contribution < 1.29 is 14.3 Å². The minimum Gasteiger partial charge on any atom is -0.480 e. The summed E-state index contributed by atoms with van der Waals surface area (Å²) in [6, 6.07) is 0. The van der Waals surface area contributed by atoms with Gasteiger partial charge in [-0.3, -0.25) is 0 Å². The molecule has 1 amide bonds. The summed E-state index contributed by atoms with van der Waals surface area (Å²) in [6.45, 7) is 6.92. The summed E-state index contributed by atoms with van der Waals surface area (Å²) in [5, 5.41) is 6.28. The number of piperidine rings is 1. The zero-order valence-electron chi connectivity index (χ0n) is 13.9. The van der Waals surface area contributed by atoms with Crippen LogP contribution in [0.25, 0.3) is 0 Å². The molecule has 2 rings (SSSR count). The van der Waals surface area contributed by atoms with Crippen molar-refractivity contribution in [1.82, 2.24) is 20.6 Å². The van der Waals surface area contributed by atoms with Crippen molar-refractivity contribution >= 4 is 22.0 Å². The Morgan fingerprint density at radius 1 is 1.48 bits per heavy atom. The van der Waals surface area contributed by atoms with Crippen LogP contribution in [0.15, 0.2) is 10.8 Å². The molecule has 0 spiro atoms. The third-order valence-corrected chi connectivity index (χ3v) is 3.86.